The molecule has 0 bridgehead atoms. The Bertz CT molecular complexity index is 1030. The van der Waals surface area contributed by atoms with Gasteiger partial charge in [-0.15, -0.1) is 0 Å². The zero-order chi connectivity index (χ0) is 19.4. The molecule has 0 unspecified atom stereocenters. The molecule has 0 aliphatic rings. The Morgan fingerprint density at radius 3 is 2.63 bits per heavy atom. The van der Waals surface area contributed by atoms with Crippen LogP contribution in [0.25, 0.3) is 5.78 Å². The Morgan fingerprint density at radius 1 is 1.15 bits per heavy atom. The number of carbonyl (C=O) groups is 1. The van der Waals surface area contributed by atoms with E-state index in [0.29, 0.717) is 29.7 Å². The number of nitrogens with one attached hydrogen (secondary N) is 2. The first-order chi connectivity index (χ1) is 13.0. The molecular weight excluding hydrogens is 354 g/mol. The molecule has 2 aromatic heterocycles. The van der Waals surface area contributed by atoms with Gasteiger partial charge in [0.2, 0.25) is 5.95 Å². The van der Waals surface area contributed by atoms with Gasteiger partial charge in [-0.05, 0) is 17.7 Å². The minimum Gasteiger partial charge on any atom is -0.493 e. The third-order valence-electron chi connectivity index (χ3n) is 3.84. The highest BCUT2D eigenvalue weighted by Crippen LogP contribution is 2.27. The van der Waals surface area contributed by atoms with Crippen molar-refractivity contribution in [2.45, 2.75) is 13.0 Å². The van der Waals surface area contributed by atoms with E-state index in [1.54, 1.807) is 20.3 Å². The van der Waals surface area contributed by atoms with Crippen LogP contribution in [-0.2, 0) is 22.5 Å². The average Bonchev–Trinajstić information content (AvgIpc) is 3.09. The van der Waals surface area contributed by atoms with Gasteiger partial charge in [-0.1, -0.05) is 6.07 Å². The summed E-state index contributed by atoms with van der Waals surface area (Å²) in [6, 6.07) is 6.79. The third-order valence-corrected chi connectivity index (χ3v) is 3.84. The molecule has 10 heteroatoms. The van der Waals surface area contributed by atoms with Gasteiger partial charge in [0, 0.05) is 12.6 Å². The molecule has 0 amide bonds. The van der Waals surface area contributed by atoms with Crippen LogP contribution in [0.1, 0.15) is 11.3 Å². The van der Waals surface area contributed by atoms with Crippen molar-refractivity contribution in [3.8, 4) is 11.5 Å². The fraction of sp³-hybridized carbons (Fsp3) is 0.294. The zero-order valence-corrected chi connectivity index (χ0v) is 15.1. The standard InChI is InChI=1S/C17H19N5O5/c1-25-12-5-4-10(6-13(12)26-2)9-18-16-20-17-19-11(8-15(24)27-3)7-14(23)22(17)21-16/h4-7H,8-9H2,1-3H3,(H2,18,19,20,21). The van der Waals surface area contributed by atoms with Gasteiger partial charge in [0.1, 0.15) is 0 Å². The lowest BCUT2D eigenvalue weighted by Crippen LogP contribution is -2.17. The summed E-state index contributed by atoms with van der Waals surface area (Å²) in [5.41, 5.74) is 0.857. The molecule has 3 aromatic rings. The predicted molar refractivity (Wildman–Crippen MR) is 96.2 cm³/mol. The number of aromatic amines is 1. The van der Waals surface area contributed by atoms with E-state index in [0.717, 1.165) is 5.56 Å². The Labute approximate surface area is 154 Å². The van der Waals surface area contributed by atoms with Crippen molar-refractivity contribution in [3.05, 3.63) is 45.9 Å². The Hall–Kier alpha value is -3.56. The van der Waals surface area contributed by atoms with Crippen molar-refractivity contribution in [2.24, 2.45) is 0 Å². The summed E-state index contributed by atoms with van der Waals surface area (Å²) in [6.07, 6.45) is -0.0937. The van der Waals surface area contributed by atoms with E-state index in [1.807, 2.05) is 12.1 Å². The maximum Gasteiger partial charge on any atom is 0.311 e. The Kier molecular flexibility index (Phi) is 5.25. The monoisotopic (exact) mass is 373 g/mol. The first-order valence-corrected chi connectivity index (χ1v) is 8.04. The smallest absolute Gasteiger partial charge is 0.311 e. The molecule has 0 aliphatic heterocycles. The van der Waals surface area contributed by atoms with Gasteiger partial charge in [-0.2, -0.15) is 9.50 Å². The lowest BCUT2D eigenvalue weighted by Gasteiger charge is -2.09. The molecule has 142 valence electrons. The highest BCUT2D eigenvalue weighted by atomic mass is 16.5. The van der Waals surface area contributed by atoms with Gasteiger partial charge < -0.3 is 19.5 Å². The minimum absolute atomic E-state index is 0.0937. The summed E-state index contributed by atoms with van der Waals surface area (Å²) < 4.78 is 16.3. The average molecular weight is 373 g/mol. The number of carbonyl (C=O) groups excluding carboxylic acids is 1. The van der Waals surface area contributed by atoms with E-state index < -0.39 is 5.97 Å². The van der Waals surface area contributed by atoms with Crippen molar-refractivity contribution < 1.29 is 19.0 Å². The second-order valence-electron chi connectivity index (χ2n) is 5.59. The van der Waals surface area contributed by atoms with Crippen LogP contribution in [0.3, 0.4) is 0 Å². The molecule has 1 aromatic carbocycles. The van der Waals surface area contributed by atoms with Crippen molar-refractivity contribution >= 4 is 17.7 Å². The van der Waals surface area contributed by atoms with E-state index >= 15 is 0 Å². The lowest BCUT2D eigenvalue weighted by molar-refractivity contribution is -0.139. The predicted octanol–water partition coefficient (Wildman–Crippen LogP) is 0.762. The number of nitrogens with zero attached hydrogens (tertiary/aromatic N) is 3. The number of esters is 1. The quantitative estimate of drug-likeness (QED) is 0.583. The van der Waals surface area contributed by atoms with Crippen molar-refractivity contribution in [1.82, 2.24) is 19.6 Å². The van der Waals surface area contributed by atoms with E-state index in [1.165, 1.54) is 17.7 Å². The molecule has 3 rings (SSSR count). The molecule has 0 saturated heterocycles. The van der Waals surface area contributed by atoms with Crippen LogP contribution in [0, 0.1) is 0 Å². The number of fused-ring (bicyclic) bond motifs is 1. The number of ether oxygens (including phenoxy) is 3. The molecule has 0 spiro atoms. The Morgan fingerprint density at radius 2 is 1.93 bits per heavy atom. The third kappa shape index (κ3) is 4.00. The van der Waals surface area contributed by atoms with E-state index in [-0.39, 0.29) is 17.8 Å². The fourth-order valence-electron chi connectivity index (χ4n) is 2.49. The molecule has 0 saturated carbocycles. The molecular formula is C17H19N5O5. The minimum atomic E-state index is -0.478. The SMILES string of the molecule is COC(=O)Cc1cc(=O)n2[nH]c(NCc3ccc(OC)c(OC)c3)nc2n1. The maximum atomic E-state index is 12.2. The second kappa shape index (κ2) is 7.77. The van der Waals surface area contributed by atoms with E-state index in [4.69, 9.17) is 9.47 Å². The molecule has 2 N–H and O–H groups in total. The zero-order valence-electron chi connectivity index (χ0n) is 15.1. The summed E-state index contributed by atoms with van der Waals surface area (Å²) in [4.78, 5) is 31.9. The molecule has 0 fully saturated rings. The van der Waals surface area contributed by atoms with Gasteiger partial charge in [0.25, 0.3) is 11.3 Å². The van der Waals surface area contributed by atoms with Gasteiger partial charge in [-0.25, -0.2) is 4.98 Å². The van der Waals surface area contributed by atoms with E-state index in [9.17, 15) is 9.59 Å². The summed E-state index contributed by atoms with van der Waals surface area (Å²) >= 11 is 0. The summed E-state index contributed by atoms with van der Waals surface area (Å²) in [7, 11) is 4.42. The van der Waals surface area contributed by atoms with Gasteiger partial charge in [0.05, 0.1) is 33.4 Å². The number of rotatable bonds is 7. The summed E-state index contributed by atoms with van der Waals surface area (Å²) in [5, 5.41) is 5.91. The maximum absolute atomic E-state index is 12.2. The number of anilines is 1. The normalized spacial score (nSPS) is 10.6. The highest BCUT2D eigenvalue weighted by Gasteiger charge is 2.11. The molecule has 2 heterocycles. The van der Waals surface area contributed by atoms with Gasteiger partial charge in [-0.3, -0.25) is 14.7 Å². The first kappa shape index (κ1) is 18.2. The Balaban J connectivity index is 1.79. The van der Waals surface area contributed by atoms with Crippen LogP contribution in [0.2, 0.25) is 0 Å². The molecule has 0 radical (unpaired) electrons. The van der Waals surface area contributed by atoms with Crippen LogP contribution in [0.15, 0.2) is 29.1 Å². The molecule has 10 nitrogen and oxygen atoms in total. The number of hydrogen-bond donors (Lipinski definition) is 2. The second-order valence-corrected chi connectivity index (χ2v) is 5.59. The molecule has 0 aliphatic carbocycles. The van der Waals surface area contributed by atoms with Gasteiger partial charge in [0.15, 0.2) is 11.5 Å². The summed E-state index contributed by atoms with van der Waals surface area (Å²) in [6.45, 7) is 0.434. The number of H-pyrrole nitrogens is 1. The molecule has 0 atom stereocenters. The summed E-state index contributed by atoms with van der Waals surface area (Å²) in [5.74, 6) is 1.31. The van der Waals surface area contributed by atoms with Crippen molar-refractivity contribution in [2.75, 3.05) is 26.6 Å². The van der Waals surface area contributed by atoms with Crippen molar-refractivity contribution in [1.29, 1.82) is 0 Å². The van der Waals surface area contributed by atoms with Crippen LogP contribution in [0.5, 0.6) is 11.5 Å². The van der Waals surface area contributed by atoms with E-state index in [2.05, 4.69) is 25.1 Å². The topological polar surface area (TPSA) is 120 Å². The number of hydrogen-bond acceptors (Lipinski definition) is 8. The molecule has 27 heavy (non-hydrogen) atoms. The number of benzene rings is 1. The van der Waals surface area contributed by atoms with Crippen LogP contribution in [0.4, 0.5) is 5.95 Å². The van der Waals surface area contributed by atoms with Crippen LogP contribution >= 0.6 is 0 Å². The van der Waals surface area contributed by atoms with Gasteiger partial charge >= 0.3 is 5.97 Å². The largest absolute Gasteiger partial charge is 0.493 e. The van der Waals surface area contributed by atoms with Crippen LogP contribution < -0.4 is 20.3 Å². The van der Waals surface area contributed by atoms with Crippen LogP contribution in [-0.4, -0.2) is 46.9 Å². The fourth-order valence-corrected chi connectivity index (χ4v) is 2.49. The lowest BCUT2D eigenvalue weighted by atomic mass is 10.2. The number of methoxy groups -OCH3 is 3. The number of aromatic nitrogens is 4. The first-order valence-electron chi connectivity index (χ1n) is 8.04. The van der Waals surface area contributed by atoms with Crippen molar-refractivity contribution in [3.63, 3.8) is 0 Å². The highest BCUT2D eigenvalue weighted by molar-refractivity contribution is 5.71.